The first-order valence-electron chi connectivity index (χ1n) is 11.0. The molecule has 3 atom stereocenters. The molecule has 0 saturated carbocycles. The summed E-state index contributed by atoms with van der Waals surface area (Å²) in [7, 11) is -1.38. The minimum absolute atomic E-state index is 0.0823. The van der Waals surface area contributed by atoms with E-state index in [1.165, 1.54) is 0 Å². The number of carbonyl (C=O) groups is 1. The van der Waals surface area contributed by atoms with Crippen LogP contribution >= 0.6 is 0 Å². The molecule has 3 aromatic carbocycles. The van der Waals surface area contributed by atoms with Crippen LogP contribution in [0, 0.1) is 11.3 Å². The van der Waals surface area contributed by atoms with Gasteiger partial charge in [0, 0.05) is 24.8 Å². The van der Waals surface area contributed by atoms with Crippen LogP contribution in [0.2, 0.25) is 0 Å². The van der Waals surface area contributed by atoms with Gasteiger partial charge in [-0.1, -0.05) is 24.3 Å². The zero-order chi connectivity index (χ0) is 23.5. The molecule has 34 heavy (non-hydrogen) atoms. The van der Waals surface area contributed by atoms with Gasteiger partial charge in [0.25, 0.3) is 0 Å². The largest absolute Gasteiger partial charge is 0.490 e. The lowest BCUT2D eigenvalue weighted by Gasteiger charge is -2.17. The fourth-order valence-electron chi connectivity index (χ4n) is 4.10. The van der Waals surface area contributed by atoms with Gasteiger partial charge in [-0.2, -0.15) is 5.26 Å². The maximum absolute atomic E-state index is 12.0. The molecular formula is C26H22N2O5S. The number of nitrogens with zero attached hydrogens (tertiary/aromatic N) is 1. The van der Waals surface area contributed by atoms with Crippen molar-refractivity contribution in [2.45, 2.75) is 30.6 Å². The van der Waals surface area contributed by atoms with Gasteiger partial charge in [-0.15, -0.1) is 0 Å². The fourth-order valence-corrected chi connectivity index (χ4v) is 5.25. The van der Waals surface area contributed by atoms with Gasteiger partial charge in [-0.05, 0) is 48.0 Å². The van der Waals surface area contributed by atoms with E-state index in [1.54, 1.807) is 24.3 Å². The summed E-state index contributed by atoms with van der Waals surface area (Å²) in [5.74, 6) is 2.48. The van der Waals surface area contributed by atoms with Crippen LogP contribution in [0.4, 0.5) is 0 Å². The summed E-state index contributed by atoms with van der Waals surface area (Å²) >= 11 is 0. The zero-order valence-electron chi connectivity index (χ0n) is 18.2. The molecule has 3 aromatic rings. The number of fused-ring (bicyclic) bond motifs is 1. The van der Waals surface area contributed by atoms with Gasteiger partial charge in [0.2, 0.25) is 5.91 Å². The number of amides is 1. The number of nitrogens with one attached hydrogen (secondary N) is 1. The highest BCUT2D eigenvalue weighted by Crippen LogP contribution is 2.38. The molecule has 172 valence electrons. The second-order valence-corrected chi connectivity index (χ2v) is 9.52. The first-order chi connectivity index (χ1) is 16.6. The quantitative estimate of drug-likeness (QED) is 0.591. The summed E-state index contributed by atoms with van der Waals surface area (Å²) < 4.78 is 32.8. The predicted molar refractivity (Wildman–Crippen MR) is 126 cm³/mol. The van der Waals surface area contributed by atoms with Gasteiger partial charge in [-0.3, -0.25) is 9.52 Å². The Bertz CT molecular complexity index is 1270. The zero-order valence-corrected chi connectivity index (χ0v) is 19.0. The van der Waals surface area contributed by atoms with E-state index in [9.17, 15) is 9.00 Å². The lowest BCUT2D eigenvalue weighted by molar-refractivity contribution is -0.118. The summed E-state index contributed by atoms with van der Waals surface area (Å²) in [6.07, 6.45) is 1.52. The molecule has 1 fully saturated rings. The number of hydrogen-bond donors (Lipinski definition) is 1. The van der Waals surface area contributed by atoms with Crippen molar-refractivity contribution in [3.05, 3.63) is 83.4 Å². The highest BCUT2D eigenvalue weighted by Gasteiger charge is 2.30. The molecule has 1 amide bonds. The first-order valence-corrected chi connectivity index (χ1v) is 12.2. The molecule has 0 aliphatic carbocycles. The molecule has 2 aliphatic rings. The first kappa shape index (κ1) is 22.0. The van der Waals surface area contributed by atoms with Crippen LogP contribution in [0.3, 0.4) is 0 Å². The number of rotatable bonds is 5. The minimum Gasteiger partial charge on any atom is -0.490 e. The van der Waals surface area contributed by atoms with Gasteiger partial charge in [-0.25, -0.2) is 4.21 Å². The number of carbonyl (C=O) groups excluding carboxylic acids is 1. The summed E-state index contributed by atoms with van der Waals surface area (Å²) in [5, 5.41) is 8.65. The van der Waals surface area contributed by atoms with Gasteiger partial charge < -0.3 is 14.2 Å². The minimum atomic E-state index is -1.38. The molecule has 3 unspecified atom stereocenters. The maximum atomic E-state index is 12.0. The van der Waals surface area contributed by atoms with Gasteiger partial charge >= 0.3 is 0 Å². The number of para-hydroxylation sites is 1. The third kappa shape index (κ3) is 4.75. The molecule has 1 N–H and O–H groups in total. The molecule has 0 bridgehead atoms. The predicted octanol–water partition coefficient (Wildman–Crippen LogP) is 4.35. The molecule has 0 aromatic heterocycles. The van der Waals surface area contributed by atoms with Crippen molar-refractivity contribution in [2.24, 2.45) is 0 Å². The van der Waals surface area contributed by atoms with E-state index >= 15 is 0 Å². The Kier molecular flexibility index (Phi) is 6.19. The van der Waals surface area contributed by atoms with Crippen LogP contribution in [0.15, 0.2) is 66.7 Å². The van der Waals surface area contributed by atoms with Crippen molar-refractivity contribution in [3.63, 3.8) is 0 Å². The highest BCUT2D eigenvalue weighted by atomic mass is 32.2. The molecule has 8 heteroatoms. The number of benzene rings is 3. The van der Waals surface area contributed by atoms with Crippen molar-refractivity contribution in [1.29, 1.82) is 5.26 Å². The average molecular weight is 475 g/mol. The van der Waals surface area contributed by atoms with Crippen molar-refractivity contribution >= 4 is 16.9 Å². The van der Waals surface area contributed by atoms with E-state index in [-0.39, 0.29) is 23.7 Å². The van der Waals surface area contributed by atoms with E-state index in [4.69, 9.17) is 19.5 Å². The fraction of sp³-hybridized carbons (Fsp3) is 0.231. The number of hydrogen-bond acceptors (Lipinski definition) is 6. The summed E-state index contributed by atoms with van der Waals surface area (Å²) in [6.45, 7) is 0.484. The topological polar surface area (TPSA) is 97.7 Å². The Balaban J connectivity index is 1.28. The lowest BCUT2D eigenvalue weighted by atomic mass is 10.1. The van der Waals surface area contributed by atoms with Crippen LogP contribution in [0.1, 0.15) is 34.8 Å². The maximum Gasteiger partial charge on any atom is 0.233 e. The Morgan fingerprint density at radius 3 is 2.47 bits per heavy atom. The molecule has 0 radical (unpaired) electrons. The Hall–Kier alpha value is -3.83. The second-order valence-electron chi connectivity index (χ2n) is 8.15. The van der Waals surface area contributed by atoms with Gasteiger partial charge in [0.15, 0.2) is 11.5 Å². The van der Waals surface area contributed by atoms with E-state index in [0.717, 1.165) is 11.1 Å². The van der Waals surface area contributed by atoms with E-state index < -0.39 is 11.0 Å². The Morgan fingerprint density at radius 2 is 1.76 bits per heavy atom. The van der Waals surface area contributed by atoms with Gasteiger partial charge in [0.05, 0.1) is 23.5 Å². The SMILES string of the molecule is N#Cc1ccc(Oc2cccc3c2OCCC(Oc2ccc(C4CC(=O)NS4=O)cc2)C3)cc1. The second kappa shape index (κ2) is 9.57. The third-order valence-corrected chi connectivity index (χ3v) is 7.19. The van der Waals surface area contributed by atoms with Crippen molar-refractivity contribution in [2.75, 3.05) is 6.61 Å². The summed E-state index contributed by atoms with van der Waals surface area (Å²) in [5.41, 5.74) is 2.42. The van der Waals surface area contributed by atoms with E-state index in [2.05, 4.69) is 10.8 Å². The van der Waals surface area contributed by atoms with Crippen LogP contribution in [0.5, 0.6) is 23.0 Å². The van der Waals surface area contributed by atoms with Crippen LogP contribution in [0.25, 0.3) is 0 Å². The Morgan fingerprint density at radius 1 is 1.00 bits per heavy atom. The Labute approximate surface area is 199 Å². The van der Waals surface area contributed by atoms with Crippen LogP contribution in [-0.2, 0) is 22.2 Å². The summed E-state index contributed by atoms with van der Waals surface area (Å²) in [6, 6.07) is 22.3. The smallest absolute Gasteiger partial charge is 0.233 e. The highest BCUT2D eigenvalue weighted by molar-refractivity contribution is 7.84. The third-order valence-electron chi connectivity index (χ3n) is 5.80. The van der Waals surface area contributed by atoms with Gasteiger partial charge in [0.1, 0.15) is 28.6 Å². The van der Waals surface area contributed by atoms with Crippen molar-refractivity contribution in [3.8, 4) is 29.1 Å². The normalized spacial score (nSPS) is 21.4. The average Bonchev–Trinajstić information content (AvgIpc) is 3.05. The van der Waals surface area contributed by atoms with Crippen LogP contribution in [-0.4, -0.2) is 22.8 Å². The molecule has 2 aliphatic heterocycles. The standard InChI is InChI=1S/C26H22N2O5S/c27-16-17-4-8-21(9-5-17)33-23-3-1-2-19-14-22(12-13-31-26(19)23)32-20-10-6-18(7-11-20)24-15-25(29)28-34(24)30/h1-11,22,24H,12-15H2,(H,28,29). The van der Waals surface area contributed by atoms with E-state index in [1.807, 2.05) is 42.5 Å². The molecule has 0 spiro atoms. The molecule has 5 rings (SSSR count). The molecule has 2 heterocycles. The van der Waals surface area contributed by atoms with E-state index in [0.29, 0.717) is 48.0 Å². The molecule has 1 saturated heterocycles. The molecule has 7 nitrogen and oxygen atoms in total. The van der Waals surface area contributed by atoms with Crippen LogP contribution < -0.4 is 18.9 Å². The summed E-state index contributed by atoms with van der Waals surface area (Å²) in [4.78, 5) is 11.5. The number of ether oxygens (including phenoxy) is 3. The molecular weight excluding hydrogens is 452 g/mol. The lowest BCUT2D eigenvalue weighted by Crippen LogP contribution is -2.20. The monoisotopic (exact) mass is 474 g/mol. The van der Waals surface area contributed by atoms with Crippen molar-refractivity contribution in [1.82, 2.24) is 4.72 Å². The van der Waals surface area contributed by atoms with Crippen molar-refractivity contribution < 1.29 is 23.2 Å². The number of nitriles is 1.